The summed E-state index contributed by atoms with van der Waals surface area (Å²) in [4.78, 5) is 23.2. The highest BCUT2D eigenvalue weighted by Crippen LogP contribution is 2.05. The zero-order chi connectivity index (χ0) is 8.43. The number of hydrogen-bond donors (Lipinski definition) is 1. The number of carbonyl (C=O) groups excluding carboxylic acids is 1. The van der Waals surface area contributed by atoms with Crippen molar-refractivity contribution in [2.24, 2.45) is 0 Å². The summed E-state index contributed by atoms with van der Waals surface area (Å²) in [6.07, 6.45) is 1.36. The molecule has 1 heterocycles. The second-order valence-corrected chi connectivity index (χ2v) is 2.76. The molecule has 58 valence electrons. The van der Waals surface area contributed by atoms with Gasteiger partial charge in [-0.2, -0.15) is 0 Å². The van der Waals surface area contributed by atoms with Gasteiger partial charge >= 0.3 is 0 Å². The van der Waals surface area contributed by atoms with Gasteiger partial charge in [-0.15, -0.1) is 0 Å². The number of hydrogen-bond acceptors (Lipinski definition) is 3. The summed E-state index contributed by atoms with van der Waals surface area (Å²) in [5.74, 6) is -1.48. The minimum absolute atomic E-state index is 0.376. The van der Waals surface area contributed by atoms with E-state index in [1.807, 2.05) is 0 Å². The predicted molar refractivity (Wildman–Crippen MR) is 39.1 cm³/mol. The highest BCUT2D eigenvalue weighted by atomic mass is 79.9. The Kier molecular flexibility index (Phi) is 2.09. The fourth-order valence-corrected chi connectivity index (χ4v) is 0.952. The number of aromatic amines is 1. The number of carboxylic acid groups (broad SMARTS) is 1. The van der Waals surface area contributed by atoms with Crippen LogP contribution in [0.1, 0.15) is 10.4 Å². The van der Waals surface area contributed by atoms with Gasteiger partial charge in [-0.25, -0.2) is 0 Å². The van der Waals surface area contributed by atoms with Crippen LogP contribution in [-0.4, -0.2) is 11.0 Å². The number of aromatic carboxylic acids is 1. The Bertz CT molecular complexity index is 344. The molecule has 0 aliphatic carbocycles. The second-order valence-electron chi connectivity index (χ2n) is 1.85. The van der Waals surface area contributed by atoms with E-state index < -0.39 is 11.5 Å². The lowest BCUT2D eigenvalue weighted by Gasteiger charge is -1.99. The number of halogens is 1. The summed E-state index contributed by atoms with van der Waals surface area (Å²) in [5, 5.41) is 10.2. The Hall–Kier alpha value is -1.10. The quantitative estimate of drug-likeness (QED) is 0.689. The van der Waals surface area contributed by atoms with Gasteiger partial charge in [0.2, 0.25) is 0 Å². The predicted octanol–water partition coefficient (Wildman–Crippen LogP) is -0.499. The van der Waals surface area contributed by atoms with Crippen molar-refractivity contribution in [3.63, 3.8) is 0 Å². The Morgan fingerprint density at radius 1 is 1.64 bits per heavy atom. The highest BCUT2D eigenvalue weighted by molar-refractivity contribution is 9.10. The molecule has 0 saturated carbocycles. The van der Waals surface area contributed by atoms with Crippen molar-refractivity contribution in [2.75, 3.05) is 0 Å². The molecule has 5 heteroatoms. The summed E-state index contributed by atoms with van der Waals surface area (Å²) in [6.45, 7) is 0. The van der Waals surface area contributed by atoms with Crippen LogP contribution in [0.25, 0.3) is 0 Å². The molecule has 1 N–H and O–H groups in total. The van der Waals surface area contributed by atoms with Crippen LogP contribution in [0.15, 0.2) is 21.5 Å². The number of pyridine rings is 1. The van der Waals surface area contributed by atoms with E-state index >= 15 is 0 Å². The van der Waals surface area contributed by atoms with Gasteiger partial charge < -0.3 is 14.9 Å². The van der Waals surface area contributed by atoms with E-state index in [9.17, 15) is 14.7 Å². The number of carbonyl (C=O) groups is 1. The van der Waals surface area contributed by atoms with E-state index in [0.717, 1.165) is 0 Å². The first-order valence-corrected chi connectivity index (χ1v) is 3.50. The van der Waals surface area contributed by atoms with Crippen molar-refractivity contribution < 1.29 is 9.90 Å². The number of aromatic nitrogens is 1. The number of rotatable bonds is 1. The van der Waals surface area contributed by atoms with E-state index in [0.29, 0.717) is 4.47 Å². The Balaban J connectivity index is 3.35. The maximum Gasteiger partial charge on any atom is 0.257 e. The van der Waals surface area contributed by atoms with Crippen LogP contribution < -0.4 is 10.7 Å². The molecular formula is C6H3BrNO3-. The summed E-state index contributed by atoms with van der Waals surface area (Å²) < 4.78 is 0.497. The van der Waals surface area contributed by atoms with Crippen LogP contribution in [0.2, 0.25) is 0 Å². The number of H-pyrrole nitrogens is 1. The smallest absolute Gasteiger partial charge is 0.257 e. The van der Waals surface area contributed by atoms with Gasteiger partial charge in [-0.1, -0.05) is 0 Å². The van der Waals surface area contributed by atoms with Crippen molar-refractivity contribution in [3.05, 3.63) is 32.7 Å². The molecule has 1 rings (SSSR count). The maximum atomic E-state index is 10.7. The topological polar surface area (TPSA) is 73.0 Å². The molecule has 0 radical (unpaired) electrons. The van der Waals surface area contributed by atoms with Crippen molar-refractivity contribution in [3.8, 4) is 0 Å². The third kappa shape index (κ3) is 1.68. The van der Waals surface area contributed by atoms with Gasteiger partial charge in [-0.05, 0) is 22.0 Å². The van der Waals surface area contributed by atoms with Crippen LogP contribution in [-0.2, 0) is 0 Å². The first-order valence-electron chi connectivity index (χ1n) is 2.71. The van der Waals surface area contributed by atoms with Gasteiger partial charge in [0.15, 0.2) is 0 Å². The normalized spacial score (nSPS) is 9.55. The van der Waals surface area contributed by atoms with Crippen molar-refractivity contribution in [1.29, 1.82) is 0 Å². The average molecular weight is 217 g/mol. The fraction of sp³-hybridized carbons (Fsp3) is 0. The number of nitrogens with one attached hydrogen (secondary N) is 1. The van der Waals surface area contributed by atoms with Crippen molar-refractivity contribution in [1.82, 2.24) is 4.98 Å². The van der Waals surface area contributed by atoms with Gasteiger partial charge in [0.25, 0.3) is 5.56 Å². The molecule has 0 amide bonds. The molecule has 0 saturated heterocycles. The summed E-state index contributed by atoms with van der Waals surface area (Å²) >= 11 is 3.00. The monoisotopic (exact) mass is 216 g/mol. The van der Waals surface area contributed by atoms with Crippen LogP contribution >= 0.6 is 15.9 Å². The zero-order valence-electron chi connectivity index (χ0n) is 5.26. The van der Waals surface area contributed by atoms with E-state index in [1.165, 1.54) is 12.3 Å². The molecule has 0 spiro atoms. The second kappa shape index (κ2) is 2.87. The molecule has 1 aromatic heterocycles. The van der Waals surface area contributed by atoms with E-state index in [2.05, 4.69) is 20.9 Å². The molecule has 0 aliphatic heterocycles. The summed E-state index contributed by atoms with van der Waals surface area (Å²) in [6, 6.07) is 1.19. The highest BCUT2D eigenvalue weighted by Gasteiger charge is 1.99. The van der Waals surface area contributed by atoms with Gasteiger partial charge in [0.1, 0.15) is 0 Å². The molecule has 1 aromatic rings. The summed E-state index contributed by atoms with van der Waals surface area (Å²) in [5.41, 5.74) is -1.03. The largest absolute Gasteiger partial charge is 0.545 e. The third-order valence-electron chi connectivity index (χ3n) is 1.09. The van der Waals surface area contributed by atoms with E-state index in [-0.39, 0.29) is 5.56 Å². The van der Waals surface area contributed by atoms with E-state index in [4.69, 9.17) is 0 Å². The lowest BCUT2D eigenvalue weighted by atomic mass is 10.3. The standard InChI is InChI=1S/C6H4BrNO3/c7-3-1-4(6(10)11)5(9)8-2-3/h1-2H,(H,8,9)(H,10,11)/p-1. The van der Waals surface area contributed by atoms with Crippen LogP contribution in [0.5, 0.6) is 0 Å². The lowest BCUT2D eigenvalue weighted by Crippen LogP contribution is -2.29. The third-order valence-corrected chi connectivity index (χ3v) is 1.55. The molecule has 11 heavy (non-hydrogen) atoms. The van der Waals surface area contributed by atoms with Gasteiger partial charge in [0.05, 0.1) is 11.5 Å². The Morgan fingerprint density at radius 3 is 2.73 bits per heavy atom. The molecule has 0 unspecified atom stereocenters. The van der Waals surface area contributed by atoms with Gasteiger partial charge in [0, 0.05) is 10.7 Å². The van der Waals surface area contributed by atoms with E-state index in [1.54, 1.807) is 0 Å². The number of carboxylic acids is 1. The maximum absolute atomic E-state index is 10.7. The molecule has 0 aromatic carbocycles. The molecular weight excluding hydrogens is 214 g/mol. The summed E-state index contributed by atoms with van der Waals surface area (Å²) in [7, 11) is 0. The molecule has 0 bridgehead atoms. The minimum atomic E-state index is -1.48. The van der Waals surface area contributed by atoms with Crippen LogP contribution in [0, 0.1) is 0 Å². The zero-order valence-corrected chi connectivity index (χ0v) is 6.84. The molecule has 0 fully saturated rings. The fourth-order valence-electron chi connectivity index (χ4n) is 0.609. The Labute approximate surface area is 70.0 Å². The van der Waals surface area contributed by atoms with Crippen molar-refractivity contribution >= 4 is 21.9 Å². The first-order chi connectivity index (χ1) is 5.11. The van der Waals surface area contributed by atoms with Crippen LogP contribution in [0.3, 0.4) is 0 Å². The molecule has 0 aliphatic rings. The van der Waals surface area contributed by atoms with Crippen molar-refractivity contribution in [2.45, 2.75) is 0 Å². The first kappa shape index (κ1) is 8.00. The molecule has 0 atom stereocenters. The SMILES string of the molecule is O=C([O-])c1cc(Br)c[nH]c1=O. The molecule has 4 nitrogen and oxygen atoms in total. The average Bonchev–Trinajstić information content (AvgIpc) is 1.94. The Morgan fingerprint density at radius 2 is 2.27 bits per heavy atom. The van der Waals surface area contributed by atoms with Gasteiger partial charge in [-0.3, -0.25) is 4.79 Å². The van der Waals surface area contributed by atoms with Crippen LogP contribution in [0.4, 0.5) is 0 Å². The minimum Gasteiger partial charge on any atom is -0.545 e. The lowest BCUT2D eigenvalue weighted by molar-refractivity contribution is -0.255.